The summed E-state index contributed by atoms with van der Waals surface area (Å²) in [5, 5.41) is 14.1. The van der Waals surface area contributed by atoms with Gasteiger partial charge in [-0.1, -0.05) is 18.2 Å². The van der Waals surface area contributed by atoms with Gasteiger partial charge in [0, 0.05) is 18.8 Å². The molecule has 27 heavy (non-hydrogen) atoms. The number of fused-ring (bicyclic) bond motifs is 1. The smallest absolute Gasteiger partial charge is 0.282 e. The van der Waals surface area contributed by atoms with E-state index in [9.17, 15) is 9.90 Å². The Morgan fingerprint density at radius 3 is 2.70 bits per heavy atom. The van der Waals surface area contributed by atoms with Gasteiger partial charge in [-0.25, -0.2) is 4.98 Å². The van der Waals surface area contributed by atoms with Gasteiger partial charge in [-0.15, -0.1) is 0 Å². The van der Waals surface area contributed by atoms with Gasteiger partial charge in [0.15, 0.2) is 0 Å². The molecule has 3 rings (SSSR count). The van der Waals surface area contributed by atoms with Gasteiger partial charge in [0.25, 0.3) is 5.56 Å². The van der Waals surface area contributed by atoms with Crippen molar-refractivity contribution in [2.24, 2.45) is 5.10 Å². The highest BCUT2D eigenvalue weighted by molar-refractivity contribution is 5.83. The molecule has 0 aliphatic heterocycles. The monoisotopic (exact) mass is 364 g/mol. The van der Waals surface area contributed by atoms with Crippen LogP contribution in [-0.4, -0.2) is 40.7 Å². The summed E-state index contributed by atoms with van der Waals surface area (Å²) in [6.45, 7) is 7.38. The number of anilines is 1. The van der Waals surface area contributed by atoms with Crippen LogP contribution >= 0.6 is 0 Å². The van der Waals surface area contributed by atoms with Crippen molar-refractivity contribution in [3.05, 3.63) is 69.8 Å². The first-order valence-corrected chi connectivity index (χ1v) is 9.04. The number of likely N-dealkylation sites (N-methyl/N-ethyl adjacent to an activating group) is 1. The van der Waals surface area contributed by atoms with Crippen LogP contribution in [0.5, 0.6) is 0 Å². The summed E-state index contributed by atoms with van der Waals surface area (Å²) in [7, 11) is 0. The van der Waals surface area contributed by atoms with Crippen LogP contribution in [0.1, 0.15) is 23.9 Å². The largest absolute Gasteiger partial charge is 0.395 e. The van der Waals surface area contributed by atoms with Crippen LogP contribution in [0.3, 0.4) is 0 Å². The summed E-state index contributed by atoms with van der Waals surface area (Å²) in [5.41, 5.74) is 3.53. The van der Waals surface area contributed by atoms with Crippen molar-refractivity contribution in [3.63, 3.8) is 0 Å². The van der Waals surface area contributed by atoms with Crippen molar-refractivity contribution in [1.82, 2.24) is 9.66 Å². The van der Waals surface area contributed by atoms with Crippen molar-refractivity contribution in [3.8, 4) is 0 Å². The Labute approximate surface area is 158 Å². The van der Waals surface area contributed by atoms with Crippen molar-refractivity contribution >= 4 is 22.8 Å². The minimum Gasteiger partial charge on any atom is -0.395 e. The molecule has 3 aromatic rings. The van der Waals surface area contributed by atoms with Gasteiger partial charge in [0.1, 0.15) is 5.82 Å². The number of aromatic nitrogens is 2. The fraction of sp³-hybridized carbons (Fsp3) is 0.286. The van der Waals surface area contributed by atoms with Gasteiger partial charge in [0.05, 0.1) is 23.7 Å². The highest BCUT2D eigenvalue weighted by Gasteiger charge is 2.08. The second-order valence-electron chi connectivity index (χ2n) is 6.38. The second kappa shape index (κ2) is 8.14. The SMILES string of the molecule is CCN(CCO)c1ccc(/C=N\n2c(C)nc3ccccc3c2=O)c(C)c1. The lowest BCUT2D eigenvalue weighted by atomic mass is 10.1. The van der Waals surface area contributed by atoms with Gasteiger partial charge in [-0.05, 0) is 56.2 Å². The Morgan fingerprint density at radius 1 is 1.22 bits per heavy atom. The van der Waals surface area contributed by atoms with Gasteiger partial charge in [-0.2, -0.15) is 9.78 Å². The molecule has 6 nitrogen and oxygen atoms in total. The van der Waals surface area contributed by atoms with E-state index in [1.165, 1.54) is 4.68 Å². The number of benzene rings is 2. The summed E-state index contributed by atoms with van der Waals surface area (Å²) in [6, 6.07) is 13.3. The lowest BCUT2D eigenvalue weighted by Gasteiger charge is -2.22. The zero-order chi connectivity index (χ0) is 19.4. The molecule has 0 atom stereocenters. The lowest BCUT2D eigenvalue weighted by molar-refractivity contribution is 0.302. The summed E-state index contributed by atoms with van der Waals surface area (Å²) in [6.07, 6.45) is 1.69. The lowest BCUT2D eigenvalue weighted by Crippen LogP contribution is -2.26. The second-order valence-corrected chi connectivity index (χ2v) is 6.38. The van der Waals surface area contributed by atoms with E-state index >= 15 is 0 Å². The van der Waals surface area contributed by atoms with Gasteiger partial charge in [0.2, 0.25) is 0 Å². The number of hydrogen-bond donors (Lipinski definition) is 1. The van der Waals surface area contributed by atoms with Crippen LogP contribution in [-0.2, 0) is 0 Å². The van der Waals surface area contributed by atoms with E-state index < -0.39 is 0 Å². The molecule has 0 bridgehead atoms. The molecule has 0 spiro atoms. The molecule has 0 unspecified atom stereocenters. The van der Waals surface area contributed by atoms with Crippen LogP contribution in [0, 0.1) is 13.8 Å². The third-order valence-electron chi connectivity index (χ3n) is 4.60. The highest BCUT2D eigenvalue weighted by atomic mass is 16.3. The third kappa shape index (κ3) is 3.90. The zero-order valence-electron chi connectivity index (χ0n) is 15.9. The standard InChI is InChI=1S/C21H24N4O2/c1-4-24(11-12-26)18-10-9-17(15(2)13-18)14-22-25-16(3)23-20-8-6-5-7-19(20)21(25)27/h5-10,13-14,26H,4,11-12H2,1-3H3/b22-14-. The Bertz CT molecular complexity index is 1040. The minimum atomic E-state index is -0.177. The van der Waals surface area contributed by atoms with E-state index in [2.05, 4.69) is 28.0 Å². The molecule has 1 N–H and O–H groups in total. The van der Waals surface area contributed by atoms with Crippen LogP contribution in [0.25, 0.3) is 10.9 Å². The van der Waals surface area contributed by atoms with Crippen molar-refractivity contribution < 1.29 is 5.11 Å². The highest BCUT2D eigenvalue weighted by Crippen LogP contribution is 2.18. The summed E-state index contributed by atoms with van der Waals surface area (Å²) in [4.78, 5) is 19.3. The molecule has 140 valence electrons. The molecule has 6 heteroatoms. The number of rotatable bonds is 6. The summed E-state index contributed by atoms with van der Waals surface area (Å²) < 4.78 is 1.33. The fourth-order valence-corrected chi connectivity index (χ4v) is 3.08. The van der Waals surface area contributed by atoms with E-state index in [4.69, 9.17) is 0 Å². The minimum absolute atomic E-state index is 0.118. The van der Waals surface area contributed by atoms with Crippen molar-refractivity contribution in [1.29, 1.82) is 0 Å². The number of nitrogens with zero attached hydrogens (tertiary/aromatic N) is 4. The number of para-hydroxylation sites is 1. The molecule has 0 aliphatic carbocycles. The predicted molar refractivity (Wildman–Crippen MR) is 110 cm³/mol. The first-order valence-electron chi connectivity index (χ1n) is 9.04. The van der Waals surface area contributed by atoms with Gasteiger partial charge >= 0.3 is 0 Å². The molecule has 2 aromatic carbocycles. The first kappa shape index (κ1) is 18.8. The van der Waals surface area contributed by atoms with Crippen LogP contribution in [0.15, 0.2) is 52.4 Å². The maximum Gasteiger partial charge on any atom is 0.282 e. The Kier molecular flexibility index (Phi) is 5.66. The average Bonchev–Trinajstić information content (AvgIpc) is 2.67. The molecule has 0 aliphatic rings. The van der Waals surface area contributed by atoms with E-state index in [-0.39, 0.29) is 12.2 Å². The number of aliphatic hydroxyl groups excluding tert-OH is 1. The molecule has 0 fully saturated rings. The molecule has 1 aromatic heterocycles. The van der Waals surface area contributed by atoms with Crippen LogP contribution in [0.4, 0.5) is 5.69 Å². The zero-order valence-corrected chi connectivity index (χ0v) is 15.9. The van der Waals surface area contributed by atoms with Gasteiger partial charge < -0.3 is 10.0 Å². The summed E-state index contributed by atoms with van der Waals surface area (Å²) in [5.74, 6) is 0.546. The van der Waals surface area contributed by atoms with Crippen molar-refractivity contribution in [2.75, 3.05) is 24.6 Å². The maximum atomic E-state index is 12.7. The number of aliphatic hydroxyl groups is 1. The Morgan fingerprint density at radius 2 is 2.00 bits per heavy atom. The molecular weight excluding hydrogens is 340 g/mol. The summed E-state index contributed by atoms with van der Waals surface area (Å²) >= 11 is 0. The maximum absolute atomic E-state index is 12.7. The molecule has 0 saturated heterocycles. The topological polar surface area (TPSA) is 70.7 Å². The quantitative estimate of drug-likeness (QED) is 0.683. The molecule has 0 amide bonds. The van der Waals surface area contributed by atoms with E-state index in [1.807, 2.05) is 37.3 Å². The van der Waals surface area contributed by atoms with Crippen LogP contribution < -0.4 is 10.5 Å². The molecule has 1 heterocycles. The average molecular weight is 364 g/mol. The number of aryl methyl sites for hydroxylation is 2. The normalized spacial score (nSPS) is 11.4. The van der Waals surface area contributed by atoms with E-state index in [0.717, 1.165) is 23.4 Å². The Hall–Kier alpha value is -2.99. The Balaban J connectivity index is 1.95. The van der Waals surface area contributed by atoms with Crippen molar-refractivity contribution in [2.45, 2.75) is 20.8 Å². The van der Waals surface area contributed by atoms with Crippen LogP contribution in [0.2, 0.25) is 0 Å². The van der Waals surface area contributed by atoms with Gasteiger partial charge in [-0.3, -0.25) is 4.79 Å². The number of hydrogen-bond acceptors (Lipinski definition) is 5. The molecular formula is C21H24N4O2. The third-order valence-corrected chi connectivity index (χ3v) is 4.60. The molecule has 0 saturated carbocycles. The van der Waals surface area contributed by atoms with E-state index in [0.29, 0.717) is 23.3 Å². The van der Waals surface area contributed by atoms with E-state index in [1.54, 1.807) is 19.2 Å². The molecule has 0 radical (unpaired) electrons. The first-order chi connectivity index (χ1) is 13.0. The predicted octanol–water partition coefficient (Wildman–Crippen LogP) is 2.71. The fourth-order valence-electron chi connectivity index (χ4n) is 3.08.